The van der Waals surface area contributed by atoms with Crippen molar-refractivity contribution in [2.45, 2.75) is 72.9 Å². The Morgan fingerprint density at radius 3 is 1.55 bits per heavy atom. The third kappa shape index (κ3) is 10.1. The van der Waals surface area contributed by atoms with Crippen molar-refractivity contribution >= 4 is 63.6 Å². The number of primary amides is 1. The van der Waals surface area contributed by atoms with E-state index in [2.05, 4.69) is 31.1 Å². The number of halogens is 3. The lowest BCUT2D eigenvalue weighted by Crippen LogP contribution is -2.28. The van der Waals surface area contributed by atoms with E-state index < -0.39 is 18.1 Å². The fraction of sp³-hybridized carbons (Fsp3) is 0.342. The second-order valence-electron chi connectivity index (χ2n) is 13.4. The molecule has 60 heavy (non-hydrogen) atoms. The first kappa shape index (κ1) is 44.0. The van der Waals surface area contributed by atoms with Crippen molar-refractivity contribution in [3.8, 4) is 0 Å². The van der Waals surface area contributed by atoms with E-state index in [1.165, 1.54) is 0 Å². The van der Waals surface area contributed by atoms with E-state index in [-0.39, 0.29) is 17.7 Å². The first-order valence-corrected chi connectivity index (χ1v) is 18.8. The molecule has 4 amide bonds. The van der Waals surface area contributed by atoms with Crippen LogP contribution >= 0.6 is 0 Å². The molecule has 0 unspecified atom stereocenters. The molecule has 6 aromatic rings. The van der Waals surface area contributed by atoms with Crippen LogP contribution in [0.25, 0.3) is 22.1 Å². The van der Waals surface area contributed by atoms with Crippen LogP contribution in [-0.2, 0) is 31.0 Å². The van der Waals surface area contributed by atoms with Crippen LogP contribution in [0.1, 0.15) is 79.8 Å². The maximum absolute atomic E-state index is 13.5. The molecule has 0 saturated heterocycles. The number of carboxylic acids is 1. The van der Waals surface area contributed by atoms with Crippen molar-refractivity contribution in [2.75, 3.05) is 23.7 Å². The molecule has 6 rings (SSSR count). The summed E-state index contributed by atoms with van der Waals surface area (Å²) < 4.78 is 38.8. The SMILES string of the molecule is CCn1nc(C)cc1C(=O)Nc1nc2cc(C(N)=O)ccc2n1CCCCn1c(NC(=O)c2cc(C)nn2CC)nc2cc(C(=O)NCCN)ccc21.O=C(O)C(F)(F)F. The zero-order chi connectivity index (χ0) is 43.9. The minimum absolute atomic E-state index is 0.271. The number of nitrogens with one attached hydrogen (secondary N) is 3. The Kier molecular flexibility index (Phi) is 13.7. The first-order valence-electron chi connectivity index (χ1n) is 18.8. The number of rotatable bonds is 15. The molecule has 19 nitrogen and oxygen atoms in total. The number of carbonyl (C=O) groups excluding carboxylic acids is 4. The van der Waals surface area contributed by atoms with Gasteiger partial charge >= 0.3 is 12.1 Å². The Morgan fingerprint density at radius 2 is 1.15 bits per heavy atom. The third-order valence-corrected chi connectivity index (χ3v) is 9.05. The summed E-state index contributed by atoms with van der Waals surface area (Å²) in [6, 6.07) is 13.7. The fourth-order valence-electron chi connectivity index (χ4n) is 6.30. The van der Waals surface area contributed by atoms with Gasteiger partial charge in [0.25, 0.3) is 17.7 Å². The Labute approximate surface area is 339 Å². The van der Waals surface area contributed by atoms with Gasteiger partial charge in [0.05, 0.1) is 33.5 Å². The van der Waals surface area contributed by atoms with Gasteiger partial charge in [0.2, 0.25) is 17.8 Å². The van der Waals surface area contributed by atoms with Gasteiger partial charge < -0.3 is 31.0 Å². The molecular weight excluding hydrogens is 791 g/mol. The molecule has 0 aliphatic heterocycles. The van der Waals surface area contributed by atoms with Crippen molar-refractivity contribution in [3.63, 3.8) is 0 Å². The molecule has 4 aromatic heterocycles. The molecule has 0 radical (unpaired) electrons. The van der Waals surface area contributed by atoms with Crippen molar-refractivity contribution in [2.24, 2.45) is 11.5 Å². The van der Waals surface area contributed by atoms with Gasteiger partial charge in [-0.1, -0.05) is 0 Å². The van der Waals surface area contributed by atoms with E-state index in [4.69, 9.17) is 26.4 Å². The summed E-state index contributed by atoms with van der Waals surface area (Å²) in [6.07, 6.45) is -3.82. The quantitative estimate of drug-likeness (QED) is 0.0810. The molecule has 0 fully saturated rings. The molecule has 8 N–H and O–H groups in total. The zero-order valence-corrected chi connectivity index (χ0v) is 33.1. The van der Waals surface area contributed by atoms with Crippen LogP contribution in [0.15, 0.2) is 48.5 Å². The Bertz CT molecular complexity index is 2570. The number of hydrogen-bond acceptors (Lipinski definition) is 10. The van der Waals surface area contributed by atoms with Crippen LogP contribution in [0.3, 0.4) is 0 Å². The first-order chi connectivity index (χ1) is 28.4. The zero-order valence-electron chi connectivity index (χ0n) is 33.1. The lowest BCUT2D eigenvalue weighted by Gasteiger charge is -2.13. The summed E-state index contributed by atoms with van der Waals surface area (Å²) in [6.45, 7) is 10.1. The molecule has 2 aromatic carbocycles. The van der Waals surface area contributed by atoms with Gasteiger partial charge in [-0.2, -0.15) is 23.4 Å². The number of fused-ring (bicyclic) bond motifs is 2. The second-order valence-corrected chi connectivity index (χ2v) is 13.4. The number of nitrogens with zero attached hydrogens (tertiary/aromatic N) is 8. The van der Waals surface area contributed by atoms with Gasteiger partial charge in [-0.15, -0.1) is 0 Å². The van der Waals surface area contributed by atoms with E-state index in [1.807, 2.05) is 42.9 Å². The summed E-state index contributed by atoms with van der Waals surface area (Å²) >= 11 is 0. The maximum Gasteiger partial charge on any atom is 0.490 e. The second kappa shape index (κ2) is 18.7. The largest absolute Gasteiger partial charge is 0.490 e. The van der Waals surface area contributed by atoms with Crippen LogP contribution in [0.2, 0.25) is 0 Å². The van der Waals surface area contributed by atoms with Gasteiger partial charge in [-0.05, 0) is 89.1 Å². The summed E-state index contributed by atoms with van der Waals surface area (Å²) in [5.74, 6) is -3.68. The van der Waals surface area contributed by atoms with Crippen LogP contribution < -0.4 is 27.4 Å². The van der Waals surface area contributed by atoms with E-state index in [9.17, 15) is 32.3 Å². The molecule has 4 heterocycles. The minimum atomic E-state index is -5.08. The van der Waals surface area contributed by atoms with Crippen molar-refractivity contribution < 1.29 is 42.3 Å². The van der Waals surface area contributed by atoms with Crippen LogP contribution in [0.4, 0.5) is 25.1 Å². The van der Waals surface area contributed by atoms with Crippen molar-refractivity contribution in [1.82, 2.24) is 44.0 Å². The van der Waals surface area contributed by atoms with Gasteiger partial charge in [0.1, 0.15) is 11.4 Å². The number of aromatic nitrogens is 8. The number of carboxylic acid groups (broad SMARTS) is 1. The minimum Gasteiger partial charge on any atom is -0.475 e. The highest BCUT2D eigenvalue weighted by Gasteiger charge is 2.38. The lowest BCUT2D eigenvalue weighted by atomic mass is 10.2. The van der Waals surface area contributed by atoms with Crippen molar-refractivity contribution in [1.29, 1.82) is 0 Å². The predicted octanol–water partition coefficient (Wildman–Crippen LogP) is 3.84. The number of hydrogen-bond donors (Lipinski definition) is 6. The molecular formula is C38H44F3N13O6. The number of unbranched alkanes of at least 4 members (excludes halogenated alkanes) is 1. The summed E-state index contributed by atoms with van der Waals surface area (Å²) in [4.78, 5) is 69.9. The average Bonchev–Trinajstić information content (AvgIpc) is 3.96. The van der Waals surface area contributed by atoms with Gasteiger partial charge in [-0.3, -0.25) is 39.2 Å². The molecule has 0 atom stereocenters. The van der Waals surface area contributed by atoms with E-state index in [0.717, 1.165) is 22.4 Å². The van der Waals surface area contributed by atoms with E-state index in [1.54, 1.807) is 51.8 Å². The number of aliphatic carboxylic acids is 1. The summed E-state index contributed by atoms with van der Waals surface area (Å²) in [5.41, 5.74) is 16.6. The average molecular weight is 836 g/mol. The number of amides is 4. The molecule has 0 saturated carbocycles. The van der Waals surface area contributed by atoms with Crippen molar-refractivity contribution in [3.05, 3.63) is 82.4 Å². The highest BCUT2D eigenvalue weighted by Crippen LogP contribution is 2.26. The number of aryl methyl sites for hydroxylation is 6. The maximum atomic E-state index is 13.5. The normalized spacial score (nSPS) is 11.3. The number of nitrogens with two attached hydrogens (primary N) is 2. The number of carbonyl (C=O) groups is 5. The highest BCUT2D eigenvalue weighted by atomic mass is 19.4. The molecule has 22 heteroatoms. The predicted molar refractivity (Wildman–Crippen MR) is 213 cm³/mol. The van der Waals surface area contributed by atoms with E-state index in [0.29, 0.717) is 97.6 Å². The highest BCUT2D eigenvalue weighted by molar-refractivity contribution is 6.04. The molecule has 0 bridgehead atoms. The Morgan fingerprint density at radius 1 is 0.717 bits per heavy atom. The van der Waals surface area contributed by atoms with Gasteiger partial charge in [0, 0.05) is 50.4 Å². The molecule has 0 spiro atoms. The topological polar surface area (TPSA) is 265 Å². The van der Waals surface area contributed by atoms with E-state index >= 15 is 0 Å². The number of imidazole rings is 2. The number of anilines is 2. The molecule has 318 valence electrons. The summed E-state index contributed by atoms with van der Waals surface area (Å²) in [7, 11) is 0. The van der Waals surface area contributed by atoms with Gasteiger partial charge in [0.15, 0.2) is 0 Å². The fourth-order valence-corrected chi connectivity index (χ4v) is 6.30. The lowest BCUT2D eigenvalue weighted by molar-refractivity contribution is -0.192. The van der Waals surface area contributed by atoms with Crippen LogP contribution in [0, 0.1) is 13.8 Å². The monoisotopic (exact) mass is 835 g/mol. The van der Waals surface area contributed by atoms with Crippen LogP contribution in [0.5, 0.6) is 0 Å². The van der Waals surface area contributed by atoms with Crippen LogP contribution in [-0.4, -0.2) is 92.6 Å². The number of benzene rings is 2. The molecule has 0 aliphatic carbocycles. The summed E-state index contributed by atoms with van der Waals surface area (Å²) in [5, 5.41) is 24.6. The Balaban J connectivity index is 0.000000896. The smallest absolute Gasteiger partial charge is 0.475 e. The van der Waals surface area contributed by atoms with Gasteiger partial charge in [-0.25, -0.2) is 14.8 Å². The Hall–Kier alpha value is -7.10. The molecule has 0 aliphatic rings. The third-order valence-electron chi connectivity index (χ3n) is 9.05. The standard InChI is InChI=1S/C36H43N13O4.C2HF3O2/c1-5-48-29(17-21(3)44-48)33(52)42-35-40-25-19-23(31(38)50)9-11-27(25)46(35)15-7-8-16-47-28-12-10-24(32(51)39-14-13-37)20-26(28)41-36(47)43-34(53)30-18-22(4)45-49(30)6-2;3-2(4,5)1(6)7/h9-12,17-20H,5-8,13-16,37H2,1-4H3,(H2,38,50)(H,39,51)(H,40,42,52)(H,41,43,53);(H,6,7). The number of alkyl halides is 3.